The molecule has 0 radical (unpaired) electrons. The zero-order valence-electron chi connectivity index (χ0n) is 13.4. The molecule has 1 unspecified atom stereocenters. The summed E-state index contributed by atoms with van der Waals surface area (Å²) in [6, 6.07) is 0. The molecule has 0 heterocycles. The third-order valence-electron chi connectivity index (χ3n) is 3.44. The van der Waals surface area contributed by atoms with Crippen molar-refractivity contribution >= 4 is 10.5 Å². The summed E-state index contributed by atoms with van der Waals surface area (Å²) in [4.78, 5) is 0. The van der Waals surface area contributed by atoms with Crippen LogP contribution < -0.4 is 0 Å². The van der Waals surface area contributed by atoms with Crippen LogP contribution in [0.5, 0.6) is 0 Å². The molecule has 23 heteroatoms. The maximum absolute atomic E-state index is 14.0. The highest BCUT2D eigenvalue weighted by Crippen LogP contribution is 2.67. The summed E-state index contributed by atoms with van der Waals surface area (Å²) in [5.41, 5.74) is -17.5. The van der Waals surface area contributed by atoms with Crippen molar-refractivity contribution in [2.24, 2.45) is 5.92 Å². The van der Waals surface area contributed by atoms with Gasteiger partial charge in [0.05, 0.1) is 0 Å². The van der Waals surface area contributed by atoms with Crippen molar-refractivity contribution in [1.29, 1.82) is 0 Å². The molecule has 0 saturated heterocycles. The van der Waals surface area contributed by atoms with Crippen LogP contribution in [-0.4, -0.2) is 56.5 Å². The highest BCUT2D eigenvalue weighted by atomic mass is 32.3. The Hall–Kier alpha value is -1.42. The first-order valence-corrected chi connectivity index (χ1v) is 7.68. The van der Waals surface area contributed by atoms with Crippen LogP contribution in [0.1, 0.15) is 0 Å². The molecule has 0 aliphatic carbocycles. The molecule has 194 valence electrons. The van der Waals surface area contributed by atoms with Crippen LogP contribution in [0, 0.1) is 5.92 Å². The second-order valence-corrected chi connectivity index (χ2v) is 6.42. The second kappa shape index (κ2) is 7.55. The molecule has 0 N–H and O–H groups in total. The Morgan fingerprint density at radius 3 is 0.938 bits per heavy atom. The molecule has 0 saturated carbocycles. The van der Waals surface area contributed by atoms with Gasteiger partial charge < -0.3 is 0 Å². The van der Waals surface area contributed by atoms with Gasteiger partial charge in [0.15, 0.2) is 0 Å². The lowest BCUT2D eigenvalue weighted by atomic mass is 9.69. The van der Waals surface area contributed by atoms with Crippen LogP contribution in [0.2, 0.25) is 0 Å². The number of hydrogen-bond acceptors (Lipinski definition) is 3. The zero-order valence-corrected chi connectivity index (χ0v) is 14.2. The van der Waals surface area contributed by atoms with Gasteiger partial charge in [0.25, 0.3) is 5.60 Å². The first kappa shape index (κ1) is 30.6. The largest absolute Gasteiger partial charge is 0.453 e. The first-order valence-electron chi connectivity index (χ1n) is 6.38. The van der Waals surface area contributed by atoms with E-state index in [0.717, 1.165) is 0 Å². The summed E-state index contributed by atoms with van der Waals surface area (Å²) in [5, 5.41) is 0. The van der Waals surface area contributed by atoms with Gasteiger partial charge in [-0.15, -0.1) is 0 Å². The quantitative estimate of drug-likeness (QED) is 0.325. The molecule has 0 aromatic heterocycles. The lowest BCUT2D eigenvalue weighted by Crippen LogP contribution is -2.78. The molecule has 0 spiro atoms. The molecule has 32 heavy (non-hydrogen) atoms. The number of halogens is 19. The van der Waals surface area contributed by atoms with Crippen molar-refractivity contribution in [3.05, 3.63) is 0 Å². The van der Waals surface area contributed by atoms with Crippen LogP contribution in [0.25, 0.3) is 0 Å². The van der Waals surface area contributed by atoms with E-state index in [-0.39, 0.29) is 0 Å². The topological polar surface area (TPSA) is 43.4 Å². The summed E-state index contributed by atoms with van der Waals surface area (Å²) in [6.45, 7) is 0. The van der Waals surface area contributed by atoms with E-state index in [1.165, 1.54) is 4.18 Å². The predicted octanol–water partition coefficient (Wildman–Crippen LogP) is 5.73. The van der Waals surface area contributed by atoms with E-state index in [1.54, 1.807) is 0 Å². The van der Waals surface area contributed by atoms with Gasteiger partial charge in [-0.2, -0.15) is 83.1 Å². The lowest BCUT2D eigenvalue weighted by Gasteiger charge is -2.49. The van der Waals surface area contributed by atoms with Crippen LogP contribution in [0.15, 0.2) is 0 Å². The minimum Gasteiger partial charge on any atom is -0.223 e. The van der Waals surface area contributed by atoms with Crippen LogP contribution in [0.4, 0.5) is 82.9 Å². The van der Waals surface area contributed by atoms with Crippen LogP contribution in [-0.2, 0) is 14.7 Å². The summed E-state index contributed by atoms with van der Waals surface area (Å²) < 4.78 is 267. The molecule has 0 aliphatic rings. The minimum atomic E-state index is -8.87. The third-order valence-corrected chi connectivity index (χ3v) is 3.91. The molecule has 0 aliphatic heterocycles. The molecule has 1 atom stereocenters. The molecule has 0 rings (SSSR count). The normalized spacial score (nSPS) is 17.5. The van der Waals surface area contributed by atoms with Crippen molar-refractivity contribution in [2.45, 2.75) is 48.1 Å². The zero-order chi connectivity index (χ0) is 26.8. The highest BCUT2D eigenvalue weighted by molar-refractivity contribution is 7.81. The van der Waals surface area contributed by atoms with Crippen LogP contribution in [0.3, 0.4) is 0 Å². The van der Waals surface area contributed by atoms with Gasteiger partial charge in [0.1, 0.15) is 5.92 Å². The molecule has 0 aromatic rings. The van der Waals surface area contributed by atoms with Gasteiger partial charge in [0, 0.05) is 0 Å². The lowest BCUT2D eigenvalue weighted by molar-refractivity contribution is -0.466. The van der Waals surface area contributed by atoms with Gasteiger partial charge in [0.2, 0.25) is 0 Å². The maximum Gasteiger partial charge on any atom is 0.453 e. The van der Waals surface area contributed by atoms with Gasteiger partial charge in [-0.1, -0.05) is 3.89 Å². The number of hydrogen-bond donors (Lipinski definition) is 0. The highest BCUT2D eigenvalue weighted by Gasteiger charge is 2.95. The van der Waals surface area contributed by atoms with Crippen molar-refractivity contribution in [3.63, 3.8) is 0 Å². The molecule has 3 nitrogen and oxygen atoms in total. The Labute approximate surface area is 161 Å². The molecule has 0 bridgehead atoms. The summed E-state index contributed by atoms with van der Waals surface area (Å²) in [7, 11) is -8.29. The molecule has 0 fully saturated rings. The molecular weight excluding hydrogens is 549 g/mol. The molecule has 0 aromatic carbocycles. The number of alkyl halides is 18. The fourth-order valence-electron chi connectivity index (χ4n) is 2.22. The fourth-order valence-corrected chi connectivity index (χ4v) is 2.82. The van der Waals surface area contributed by atoms with Crippen molar-refractivity contribution in [1.82, 2.24) is 0 Å². The summed E-state index contributed by atoms with van der Waals surface area (Å²) in [5.74, 6) is -16.7. The van der Waals surface area contributed by atoms with Crippen LogP contribution >= 0.6 is 0 Å². The van der Waals surface area contributed by atoms with E-state index >= 15 is 0 Å². The summed E-state index contributed by atoms with van der Waals surface area (Å²) >= 11 is 0. The Bertz CT molecular complexity index is 749. The maximum atomic E-state index is 14.0. The molecule has 0 amide bonds. The summed E-state index contributed by atoms with van der Waals surface area (Å²) in [6.07, 6.45) is -42.4. The Morgan fingerprint density at radius 2 is 0.781 bits per heavy atom. The van der Waals surface area contributed by atoms with Gasteiger partial charge >= 0.3 is 53.0 Å². The van der Waals surface area contributed by atoms with E-state index in [4.69, 9.17) is 0 Å². The first-order chi connectivity index (χ1) is 13.3. The monoisotopic (exact) mass is 550 g/mol. The Morgan fingerprint density at radius 1 is 0.500 bits per heavy atom. The Balaban J connectivity index is 8.37. The van der Waals surface area contributed by atoms with Crippen molar-refractivity contribution < 1.29 is 95.5 Å². The second-order valence-electron chi connectivity index (χ2n) is 5.47. The van der Waals surface area contributed by atoms with Gasteiger partial charge in [-0.25, -0.2) is 8.57 Å². The third kappa shape index (κ3) is 4.76. The van der Waals surface area contributed by atoms with Crippen molar-refractivity contribution in [3.8, 4) is 0 Å². The standard InChI is InChI=1S/C9HF19O3S/c10-2(5(13,14)15,6(16,17)18)1(4(11,12)9(25,26)27)3(7(19,20)21,8(22,23)24)31-32(28,29)30/h1H. The molecular formula is C9HF19O3S. The van der Waals surface area contributed by atoms with E-state index < -0.39 is 64.5 Å². The average Bonchev–Trinajstić information content (AvgIpc) is 2.38. The van der Waals surface area contributed by atoms with Gasteiger partial charge in [-0.05, 0) is 0 Å². The van der Waals surface area contributed by atoms with E-state index in [0.29, 0.717) is 0 Å². The Kier molecular flexibility index (Phi) is 7.21. The van der Waals surface area contributed by atoms with E-state index in [9.17, 15) is 91.3 Å². The fraction of sp³-hybridized carbons (Fsp3) is 1.00. The van der Waals surface area contributed by atoms with Crippen molar-refractivity contribution in [2.75, 3.05) is 0 Å². The average molecular weight is 550 g/mol. The smallest absolute Gasteiger partial charge is 0.223 e. The van der Waals surface area contributed by atoms with E-state index in [2.05, 4.69) is 0 Å². The SMILES string of the molecule is O=S(=O)(F)OC(C(C(F)(F)C(F)(F)F)C(F)(C(F)(F)F)C(F)(F)F)(C(F)(F)F)C(F)(F)F. The number of rotatable bonds is 5. The van der Waals surface area contributed by atoms with E-state index in [1.807, 2.05) is 0 Å². The minimum absolute atomic E-state index is 1.37. The van der Waals surface area contributed by atoms with Gasteiger partial charge in [-0.3, -0.25) is 0 Å². The predicted molar refractivity (Wildman–Crippen MR) is 56.4 cm³/mol.